The number of nitrogens with one attached hydrogen (secondary N) is 2. The van der Waals surface area contributed by atoms with Gasteiger partial charge in [0.25, 0.3) is 0 Å². The normalized spacial score (nSPS) is 11.3. The highest BCUT2D eigenvalue weighted by Gasteiger charge is 2.16. The van der Waals surface area contributed by atoms with Crippen molar-refractivity contribution in [3.05, 3.63) is 70.7 Å². The van der Waals surface area contributed by atoms with Crippen molar-refractivity contribution >= 4 is 28.0 Å². The average Bonchev–Trinajstić information content (AvgIpc) is 3.49. The van der Waals surface area contributed by atoms with Gasteiger partial charge in [-0.2, -0.15) is 15.3 Å². The van der Waals surface area contributed by atoms with Crippen molar-refractivity contribution in [2.45, 2.75) is 13.0 Å². The monoisotopic (exact) mass is 389 g/mol. The molecule has 4 aromatic heterocycles. The van der Waals surface area contributed by atoms with E-state index in [9.17, 15) is 4.79 Å². The molecule has 0 atom stereocenters. The Morgan fingerprint density at radius 1 is 1.21 bits per heavy atom. The molecule has 5 aromatic rings. The first-order valence-electron chi connectivity index (χ1n) is 8.66. The van der Waals surface area contributed by atoms with Gasteiger partial charge in [-0.05, 0) is 23.8 Å². The number of carbonyl (C=O) groups excluding carboxylic acids is 1. The maximum atomic E-state index is 12.8. The van der Waals surface area contributed by atoms with E-state index in [0.717, 1.165) is 33.4 Å². The van der Waals surface area contributed by atoms with Crippen molar-refractivity contribution in [2.75, 3.05) is 0 Å². The highest BCUT2D eigenvalue weighted by Crippen LogP contribution is 2.24. The lowest BCUT2D eigenvalue weighted by Crippen LogP contribution is -2.04. The van der Waals surface area contributed by atoms with E-state index in [1.165, 1.54) is 0 Å². The number of benzene rings is 1. The predicted molar refractivity (Wildman–Crippen MR) is 105 cm³/mol. The second-order valence-corrected chi connectivity index (χ2v) is 7.15. The summed E-state index contributed by atoms with van der Waals surface area (Å²) in [6, 6.07) is 7.72. The number of Topliss-reactive ketones (excluding diaryl/α,β-unsaturated/α-hetero) is 1. The molecule has 0 unspecified atom stereocenters. The highest BCUT2D eigenvalue weighted by molar-refractivity contribution is 7.07. The van der Waals surface area contributed by atoms with Crippen molar-refractivity contribution in [2.24, 2.45) is 0 Å². The summed E-state index contributed by atoms with van der Waals surface area (Å²) in [5, 5.41) is 21.2. The number of thiazole rings is 1. The fraction of sp³-hybridized carbons (Fsp3) is 0.105. The number of aromatic nitrogens is 7. The Kier molecular flexibility index (Phi) is 4.06. The zero-order chi connectivity index (χ0) is 18.9. The second-order valence-electron chi connectivity index (χ2n) is 6.43. The lowest BCUT2D eigenvalue weighted by molar-refractivity contribution is 0.0989. The number of rotatable bonds is 6. The van der Waals surface area contributed by atoms with E-state index in [1.54, 1.807) is 33.9 Å². The molecule has 0 saturated carbocycles. The summed E-state index contributed by atoms with van der Waals surface area (Å²) in [5.74, 6) is -0.0475. The first-order valence-corrected chi connectivity index (χ1v) is 9.60. The maximum absolute atomic E-state index is 12.8. The number of nitrogens with zero attached hydrogens (tertiary/aromatic N) is 5. The molecule has 138 valence electrons. The van der Waals surface area contributed by atoms with Gasteiger partial charge in [0.2, 0.25) is 0 Å². The number of hydrogen-bond donors (Lipinski definition) is 2. The number of carbonyl (C=O) groups is 1. The molecule has 9 heteroatoms. The van der Waals surface area contributed by atoms with Crippen LogP contribution in [0.3, 0.4) is 0 Å². The molecule has 4 heterocycles. The third-order valence-corrected chi connectivity index (χ3v) is 5.13. The van der Waals surface area contributed by atoms with E-state index in [2.05, 4.69) is 30.5 Å². The quantitative estimate of drug-likeness (QED) is 0.434. The fourth-order valence-corrected chi connectivity index (χ4v) is 3.70. The van der Waals surface area contributed by atoms with Gasteiger partial charge in [-0.3, -0.25) is 19.7 Å². The molecule has 1 aromatic carbocycles. The van der Waals surface area contributed by atoms with Crippen LogP contribution < -0.4 is 0 Å². The number of ketones is 1. The Morgan fingerprint density at radius 2 is 2.18 bits per heavy atom. The van der Waals surface area contributed by atoms with Crippen LogP contribution in [0.2, 0.25) is 0 Å². The van der Waals surface area contributed by atoms with Crippen LogP contribution in [-0.4, -0.2) is 40.9 Å². The van der Waals surface area contributed by atoms with Gasteiger partial charge in [0, 0.05) is 35.1 Å². The van der Waals surface area contributed by atoms with Crippen LogP contribution in [0.15, 0.2) is 53.7 Å². The van der Waals surface area contributed by atoms with Gasteiger partial charge >= 0.3 is 0 Å². The summed E-state index contributed by atoms with van der Waals surface area (Å²) < 4.78 is 1.79. The molecule has 0 aliphatic heterocycles. The topological polar surface area (TPSA) is 105 Å². The Balaban J connectivity index is 1.35. The second kappa shape index (κ2) is 6.86. The molecule has 0 radical (unpaired) electrons. The van der Waals surface area contributed by atoms with Gasteiger partial charge in [0.15, 0.2) is 5.78 Å². The number of fused-ring (bicyclic) bond motifs is 1. The van der Waals surface area contributed by atoms with E-state index >= 15 is 0 Å². The first kappa shape index (κ1) is 16.6. The molecule has 0 saturated heterocycles. The van der Waals surface area contributed by atoms with Crippen LogP contribution in [0.4, 0.5) is 0 Å². The van der Waals surface area contributed by atoms with E-state index in [4.69, 9.17) is 0 Å². The van der Waals surface area contributed by atoms with Crippen LogP contribution in [0, 0.1) is 0 Å². The molecular formula is C19H15N7OS. The summed E-state index contributed by atoms with van der Waals surface area (Å²) in [6.45, 7) is 0.597. The highest BCUT2D eigenvalue weighted by atomic mass is 32.1. The van der Waals surface area contributed by atoms with E-state index in [1.807, 2.05) is 35.8 Å². The molecule has 0 aliphatic carbocycles. The van der Waals surface area contributed by atoms with Gasteiger partial charge in [-0.1, -0.05) is 6.07 Å². The van der Waals surface area contributed by atoms with Crippen molar-refractivity contribution < 1.29 is 4.79 Å². The van der Waals surface area contributed by atoms with Gasteiger partial charge in [0.05, 0.1) is 35.2 Å². The zero-order valence-corrected chi connectivity index (χ0v) is 15.5. The molecule has 5 rings (SSSR count). The van der Waals surface area contributed by atoms with Crippen LogP contribution >= 0.6 is 11.3 Å². The largest absolute Gasteiger partial charge is 0.292 e. The van der Waals surface area contributed by atoms with Gasteiger partial charge < -0.3 is 0 Å². The first-order chi connectivity index (χ1) is 13.8. The minimum Gasteiger partial charge on any atom is -0.292 e. The lowest BCUT2D eigenvalue weighted by Gasteiger charge is -1.99. The minimum atomic E-state index is -0.0475. The maximum Gasteiger partial charge on any atom is 0.188 e. The zero-order valence-electron chi connectivity index (χ0n) is 14.7. The smallest absolute Gasteiger partial charge is 0.188 e. The number of hydrogen-bond acceptors (Lipinski definition) is 6. The molecule has 0 bridgehead atoms. The van der Waals surface area contributed by atoms with Crippen LogP contribution in [0.5, 0.6) is 0 Å². The Bertz CT molecular complexity index is 1230. The standard InChI is InChI=1S/C19H15N7OS/c27-18(5-12-7-22-26(8-12)9-14-10-28-11-20-14)19-15-2-1-13(6-17(15)24-25-19)16-3-4-21-23-16/h1-4,6-8,10-11H,5,9H2,(H,21,23)(H,24,25). The molecule has 0 fully saturated rings. The van der Waals surface area contributed by atoms with Crippen LogP contribution in [-0.2, 0) is 13.0 Å². The van der Waals surface area contributed by atoms with Crippen LogP contribution in [0.1, 0.15) is 21.7 Å². The number of aromatic amines is 2. The Hall–Kier alpha value is -3.59. The summed E-state index contributed by atoms with van der Waals surface area (Å²) in [4.78, 5) is 17.0. The third kappa shape index (κ3) is 3.12. The van der Waals surface area contributed by atoms with E-state index < -0.39 is 0 Å². The van der Waals surface area contributed by atoms with Gasteiger partial charge in [-0.15, -0.1) is 11.3 Å². The fourth-order valence-electron chi connectivity index (χ4n) is 3.15. The number of H-pyrrole nitrogens is 2. The molecular weight excluding hydrogens is 374 g/mol. The van der Waals surface area contributed by atoms with Crippen molar-refractivity contribution in [1.82, 2.24) is 35.2 Å². The van der Waals surface area contributed by atoms with E-state index in [-0.39, 0.29) is 12.2 Å². The molecule has 8 nitrogen and oxygen atoms in total. The SMILES string of the molecule is O=C(Cc1cnn(Cc2cscn2)c1)c1n[nH]c2cc(-c3ccn[nH]3)ccc12. The molecule has 2 N–H and O–H groups in total. The van der Waals surface area contributed by atoms with E-state index in [0.29, 0.717) is 12.2 Å². The molecule has 0 aliphatic rings. The van der Waals surface area contributed by atoms with Gasteiger partial charge in [0.1, 0.15) is 5.69 Å². The molecule has 28 heavy (non-hydrogen) atoms. The minimum absolute atomic E-state index is 0.0475. The molecule has 0 spiro atoms. The summed E-state index contributed by atoms with van der Waals surface area (Å²) >= 11 is 1.55. The third-order valence-electron chi connectivity index (χ3n) is 4.50. The van der Waals surface area contributed by atoms with Crippen LogP contribution in [0.25, 0.3) is 22.2 Å². The Morgan fingerprint density at radius 3 is 3.00 bits per heavy atom. The summed E-state index contributed by atoms with van der Waals surface area (Å²) in [7, 11) is 0. The van der Waals surface area contributed by atoms with Crippen molar-refractivity contribution in [3.63, 3.8) is 0 Å². The lowest BCUT2D eigenvalue weighted by atomic mass is 10.0. The van der Waals surface area contributed by atoms with Crippen molar-refractivity contribution in [1.29, 1.82) is 0 Å². The predicted octanol–water partition coefficient (Wildman–Crippen LogP) is 3.08. The van der Waals surface area contributed by atoms with Gasteiger partial charge in [-0.25, -0.2) is 4.98 Å². The molecule has 0 amide bonds. The Labute approximate surface area is 163 Å². The van der Waals surface area contributed by atoms with Crippen molar-refractivity contribution in [3.8, 4) is 11.3 Å². The summed E-state index contributed by atoms with van der Waals surface area (Å²) in [5.41, 5.74) is 6.76. The average molecular weight is 389 g/mol. The summed E-state index contributed by atoms with van der Waals surface area (Å²) in [6.07, 6.45) is 5.55.